The number of benzene rings is 1. The molecule has 0 radical (unpaired) electrons. The maximum atomic E-state index is 12.6. The summed E-state index contributed by atoms with van der Waals surface area (Å²) in [6, 6.07) is 7.23. The molecular formula is C21H21ClN2O7. The highest BCUT2D eigenvalue weighted by molar-refractivity contribution is 6.30. The van der Waals surface area contributed by atoms with Crippen molar-refractivity contribution in [3.05, 3.63) is 73.5 Å². The lowest BCUT2D eigenvalue weighted by molar-refractivity contribution is -0.770. The third-order valence-electron chi connectivity index (χ3n) is 6.18. The van der Waals surface area contributed by atoms with Crippen LogP contribution < -0.4 is 0 Å². The van der Waals surface area contributed by atoms with Gasteiger partial charge in [0, 0.05) is 29.6 Å². The molecule has 9 nitrogen and oxygen atoms in total. The third kappa shape index (κ3) is 3.62. The van der Waals surface area contributed by atoms with Crippen molar-refractivity contribution < 1.29 is 29.3 Å². The van der Waals surface area contributed by atoms with E-state index in [1.807, 2.05) is 12.1 Å². The molecule has 0 bridgehead atoms. The lowest BCUT2D eigenvalue weighted by atomic mass is 9.74. The number of carbonyl (C=O) groups is 1. The molecule has 1 fully saturated rings. The lowest BCUT2D eigenvalue weighted by Gasteiger charge is -2.28. The van der Waals surface area contributed by atoms with E-state index in [1.165, 1.54) is 7.11 Å². The van der Waals surface area contributed by atoms with Crippen LogP contribution in [-0.2, 0) is 31.1 Å². The SMILES string of the molecule is CO[C@H]1C[C@](C(=O)O)(c2c(C)ncc3c2CO[C@H]3c2ccc(Cl)cc2)C[C@@H]1O[N+](=O)[O-]. The summed E-state index contributed by atoms with van der Waals surface area (Å²) in [6.45, 7) is 1.94. The predicted octanol–water partition coefficient (Wildman–Crippen LogP) is 3.37. The van der Waals surface area contributed by atoms with Crippen molar-refractivity contribution in [3.63, 3.8) is 0 Å². The van der Waals surface area contributed by atoms with Crippen LogP contribution >= 0.6 is 11.6 Å². The highest BCUT2D eigenvalue weighted by atomic mass is 35.5. The minimum atomic E-state index is -1.44. The number of hydrogen-bond donors (Lipinski definition) is 1. The van der Waals surface area contributed by atoms with E-state index in [-0.39, 0.29) is 19.4 Å². The Hall–Kier alpha value is -2.75. The van der Waals surface area contributed by atoms with Crippen LogP contribution in [0.5, 0.6) is 0 Å². The van der Waals surface area contributed by atoms with E-state index < -0.39 is 34.8 Å². The van der Waals surface area contributed by atoms with Gasteiger partial charge >= 0.3 is 5.97 Å². The van der Waals surface area contributed by atoms with Crippen LogP contribution in [0.3, 0.4) is 0 Å². The number of ether oxygens (including phenoxy) is 2. The van der Waals surface area contributed by atoms with Crippen molar-refractivity contribution in [2.75, 3.05) is 7.11 Å². The van der Waals surface area contributed by atoms with Crippen LogP contribution in [0.15, 0.2) is 30.5 Å². The molecule has 2 aromatic rings. The Kier molecular flexibility index (Phi) is 5.59. The maximum Gasteiger partial charge on any atom is 0.314 e. The van der Waals surface area contributed by atoms with Gasteiger partial charge in [-0.25, -0.2) is 0 Å². The third-order valence-corrected chi connectivity index (χ3v) is 6.44. The van der Waals surface area contributed by atoms with Gasteiger partial charge in [0.1, 0.15) is 12.2 Å². The molecule has 0 saturated heterocycles. The van der Waals surface area contributed by atoms with Crippen molar-refractivity contribution >= 4 is 17.6 Å². The highest BCUT2D eigenvalue weighted by Gasteiger charge is 2.56. The van der Waals surface area contributed by atoms with Gasteiger partial charge in [-0.1, -0.05) is 23.7 Å². The Bertz CT molecular complexity index is 1030. The van der Waals surface area contributed by atoms with Gasteiger partial charge in [0.15, 0.2) is 0 Å². The first-order chi connectivity index (χ1) is 14.8. The number of nitrogens with zero attached hydrogens (tertiary/aromatic N) is 2. The van der Waals surface area contributed by atoms with E-state index in [9.17, 15) is 20.0 Å². The molecule has 1 N–H and O–H groups in total. The molecule has 2 aliphatic rings. The van der Waals surface area contributed by atoms with Crippen LogP contribution in [0.4, 0.5) is 0 Å². The van der Waals surface area contributed by atoms with Gasteiger partial charge < -0.3 is 19.4 Å². The second-order valence-corrected chi connectivity index (χ2v) is 8.27. The summed E-state index contributed by atoms with van der Waals surface area (Å²) in [5.74, 6) is -1.10. The Morgan fingerprint density at radius 3 is 2.61 bits per heavy atom. The second kappa shape index (κ2) is 8.07. The van der Waals surface area contributed by atoms with Crippen LogP contribution in [-0.4, -0.2) is 40.5 Å². The zero-order valence-electron chi connectivity index (χ0n) is 16.9. The monoisotopic (exact) mass is 448 g/mol. The van der Waals surface area contributed by atoms with Crippen molar-refractivity contribution in [2.24, 2.45) is 0 Å². The van der Waals surface area contributed by atoms with Crippen LogP contribution in [0.2, 0.25) is 5.02 Å². The Morgan fingerprint density at radius 1 is 1.32 bits per heavy atom. The normalized spacial score (nSPS) is 27.1. The zero-order valence-corrected chi connectivity index (χ0v) is 17.7. The molecule has 1 aliphatic carbocycles. The highest BCUT2D eigenvalue weighted by Crippen LogP contribution is 2.49. The molecule has 2 heterocycles. The molecule has 0 spiro atoms. The smallest absolute Gasteiger partial charge is 0.314 e. The number of aromatic nitrogens is 1. The molecule has 4 atom stereocenters. The maximum absolute atomic E-state index is 12.6. The van der Waals surface area contributed by atoms with Gasteiger partial charge in [0.2, 0.25) is 0 Å². The summed E-state index contributed by atoms with van der Waals surface area (Å²) in [6.07, 6.45) is -0.528. The molecule has 0 unspecified atom stereocenters. The van der Waals surface area contributed by atoms with Gasteiger partial charge in [-0.2, -0.15) is 0 Å². The fourth-order valence-electron chi connectivity index (χ4n) is 4.83. The minimum absolute atomic E-state index is 0.0297. The number of hydrogen-bond acceptors (Lipinski definition) is 7. The van der Waals surface area contributed by atoms with Crippen LogP contribution in [0.1, 0.15) is 46.9 Å². The number of fused-ring (bicyclic) bond motifs is 1. The Morgan fingerprint density at radius 2 is 2.00 bits per heavy atom. The average Bonchev–Trinajstić information content (AvgIpc) is 3.30. The zero-order chi connectivity index (χ0) is 22.3. The summed E-state index contributed by atoms with van der Waals surface area (Å²) in [7, 11) is 1.39. The summed E-state index contributed by atoms with van der Waals surface area (Å²) in [5.41, 5.74) is 2.01. The first-order valence-electron chi connectivity index (χ1n) is 9.70. The van der Waals surface area contributed by atoms with E-state index in [1.54, 1.807) is 25.3 Å². The van der Waals surface area contributed by atoms with E-state index >= 15 is 0 Å². The van der Waals surface area contributed by atoms with Gasteiger partial charge in [-0.15, -0.1) is 10.1 Å². The number of pyridine rings is 1. The number of carboxylic acid groups (broad SMARTS) is 1. The molecule has 1 saturated carbocycles. The number of aryl methyl sites for hydroxylation is 1. The predicted molar refractivity (Wildman–Crippen MR) is 108 cm³/mol. The minimum Gasteiger partial charge on any atom is -0.481 e. The van der Waals surface area contributed by atoms with Crippen molar-refractivity contribution in [1.29, 1.82) is 0 Å². The number of carboxylic acids is 1. The number of rotatable bonds is 6. The second-order valence-electron chi connectivity index (χ2n) is 7.83. The Labute approximate surface area is 183 Å². The first kappa shape index (κ1) is 21.5. The fraction of sp³-hybridized carbons (Fsp3) is 0.429. The molecule has 10 heteroatoms. The first-order valence-corrected chi connectivity index (χ1v) is 10.1. The summed E-state index contributed by atoms with van der Waals surface area (Å²) in [5, 5.41) is 20.9. The van der Waals surface area contributed by atoms with Crippen molar-refractivity contribution in [1.82, 2.24) is 4.98 Å². The molecule has 1 aromatic heterocycles. The summed E-state index contributed by atoms with van der Waals surface area (Å²) in [4.78, 5) is 32.8. The number of aliphatic carboxylic acids is 1. The molecular weight excluding hydrogens is 428 g/mol. The van der Waals surface area contributed by atoms with E-state index in [0.717, 1.165) is 16.7 Å². The van der Waals surface area contributed by atoms with E-state index in [0.29, 0.717) is 16.3 Å². The molecule has 31 heavy (non-hydrogen) atoms. The summed E-state index contributed by atoms with van der Waals surface area (Å²) >= 11 is 5.99. The lowest BCUT2D eigenvalue weighted by Crippen LogP contribution is -2.36. The van der Waals surface area contributed by atoms with Gasteiger partial charge in [-0.05, 0) is 48.6 Å². The van der Waals surface area contributed by atoms with E-state index in [2.05, 4.69) is 4.98 Å². The standard InChI is InChI=1S/C21H21ClN2O7/c1-11-18(21(20(25)26)7-16(29-2)17(8-21)31-24(27)28)15-10-30-19(14(15)9-23-11)12-3-5-13(22)6-4-12/h3-6,9,16-17,19H,7-8,10H2,1-2H3,(H,25,26)/t16-,17-,19-,21+/m0/s1. The number of methoxy groups -OCH3 is 1. The average molecular weight is 449 g/mol. The van der Waals surface area contributed by atoms with Crippen LogP contribution in [0, 0.1) is 17.0 Å². The van der Waals surface area contributed by atoms with Crippen LogP contribution in [0.25, 0.3) is 0 Å². The van der Waals surface area contributed by atoms with E-state index in [4.69, 9.17) is 25.9 Å². The van der Waals surface area contributed by atoms with Gasteiger partial charge in [0.25, 0.3) is 5.09 Å². The molecule has 164 valence electrons. The number of halogens is 1. The molecule has 4 rings (SSSR count). The van der Waals surface area contributed by atoms with Gasteiger partial charge in [-0.3, -0.25) is 9.78 Å². The molecule has 0 amide bonds. The fourth-order valence-corrected chi connectivity index (χ4v) is 4.95. The topological polar surface area (TPSA) is 121 Å². The summed E-state index contributed by atoms with van der Waals surface area (Å²) < 4.78 is 11.4. The van der Waals surface area contributed by atoms with Crippen molar-refractivity contribution in [3.8, 4) is 0 Å². The molecule has 1 aliphatic heterocycles. The van der Waals surface area contributed by atoms with Crippen molar-refractivity contribution in [2.45, 2.75) is 50.1 Å². The molecule has 1 aromatic carbocycles. The quantitative estimate of drug-likeness (QED) is 0.527. The Balaban J connectivity index is 1.81. The largest absolute Gasteiger partial charge is 0.481 e. The van der Waals surface area contributed by atoms with Gasteiger partial charge in [0.05, 0.1) is 18.1 Å².